The second-order valence-electron chi connectivity index (χ2n) is 4.28. The summed E-state index contributed by atoms with van der Waals surface area (Å²) in [6.07, 6.45) is 1.76. The van der Waals surface area contributed by atoms with E-state index in [2.05, 4.69) is 4.98 Å². The Morgan fingerprint density at radius 1 is 1.16 bits per heavy atom. The van der Waals surface area contributed by atoms with Gasteiger partial charge < -0.3 is 10.1 Å². The minimum Gasteiger partial charge on any atom is -0.478 e. The van der Waals surface area contributed by atoms with Crippen LogP contribution in [-0.4, -0.2) is 16.1 Å². The van der Waals surface area contributed by atoms with E-state index >= 15 is 0 Å². The highest BCUT2D eigenvalue weighted by molar-refractivity contribution is 6.00. The summed E-state index contributed by atoms with van der Waals surface area (Å²) in [7, 11) is 0. The summed E-state index contributed by atoms with van der Waals surface area (Å²) in [5.41, 5.74) is 2.54. The lowest BCUT2D eigenvalue weighted by Crippen LogP contribution is -1.94. The van der Waals surface area contributed by atoms with Gasteiger partial charge in [-0.2, -0.15) is 0 Å². The van der Waals surface area contributed by atoms with E-state index in [0.29, 0.717) is 5.56 Å². The molecule has 1 aromatic heterocycles. The zero-order valence-corrected chi connectivity index (χ0v) is 9.85. The third-order valence-corrected chi connectivity index (χ3v) is 3.06. The summed E-state index contributed by atoms with van der Waals surface area (Å²) in [4.78, 5) is 14.1. The lowest BCUT2D eigenvalue weighted by molar-refractivity contribution is 0.0697. The average molecular weight is 255 g/mol. The van der Waals surface area contributed by atoms with Gasteiger partial charge in [0.05, 0.1) is 5.56 Å². The molecule has 0 amide bonds. The highest BCUT2D eigenvalue weighted by Gasteiger charge is 2.10. The molecule has 0 unspecified atom stereocenters. The first kappa shape index (κ1) is 11.5. The molecule has 3 nitrogen and oxygen atoms in total. The van der Waals surface area contributed by atoms with Crippen molar-refractivity contribution < 1.29 is 14.3 Å². The molecule has 0 saturated carbocycles. The van der Waals surface area contributed by atoms with Gasteiger partial charge in [-0.15, -0.1) is 0 Å². The van der Waals surface area contributed by atoms with Crippen LogP contribution in [0.5, 0.6) is 0 Å². The molecule has 0 radical (unpaired) electrons. The first-order valence-corrected chi connectivity index (χ1v) is 5.75. The Bertz CT molecular complexity index is 777. The van der Waals surface area contributed by atoms with Crippen molar-refractivity contribution in [2.75, 3.05) is 0 Å². The number of aromatic carboxylic acids is 1. The van der Waals surface area contributed by atoms with Crippen molar-refractivity contribution in [1.82, 2.24) is 4.98 Å². The summed E-state index contributed by atoms with van der Waals surface area (Å²) in [6, 6.07) is 11.1. The van der Waals surface area contributed by atoms with Gasteiger partial charge in [-0.05, 0) is 35.9 Å². The maximum atomic E-state index is 13.3. The molecule has 94 valence electrons. The maximum absolute atomic E-state index is 13.3. The number of hydrogen-bond acceptors (Lipinski definition) is 1. The van der Waals surface area contributed by atoms with Crippen LogP contribution < -0.4 is 0 Å². The van der Waals surface area contributed by atoms with Crippen molar-refractivity contribution in [3.05, 3.63) is 60.0 Å². The van der Waals surface area contributed by atoms with E-state index in [-0.39, 0.29) is 11.4 Å². The molecule has 0 saturated heterocycles. The topological polar surface area (TPSA) is 53.1 Å². The molecule has 0 aliphatic heterocycles. The first-order valence-electron chi connectivity index (χ1n) is 5.75. The van der Waals surface area contributed by atoms with E-state index in [9.17, 15) is 9.18 Å². The molecular weight excluding hydrogens is 245 g/mol. The molecule has 4 heteroatoms. The molecule has 1 heterocycles. The predicted molar refractivity (Wildman–Crippen MR) is 70.7 cm³/mol. The third-order valence-electron chi connectivity index (χ3n) is 3.06. The summed E-state index contributed by atoms with van der Waals surface area (Å²) in [5.74, 6) is -1.30. The van der Waals surface area contributed by atoms with Crippen molar-refractivity contribution in [1.29, 1.82) is 0 Å². The van der Waals surface area contributed by atoms with Crippen LogP contribution in [0.25, 0.3) is 22.0 Å². The van der Waals surface area contributed by atoms with E-state index < -0.39 is 5.97 Å². The van der Waals surface area contributed by atoms with Gasteiger partial charge >= 0.3 is 5.97 Å². The number of carboxylic acids is 1. The SMILES string of the molecule is O=C(O)c1ccc2[nH]cc(-c3cccc(F)c3)c2c1. The summed E-state index contributed by atoms with van der Waals surface area (Å²) in [6.45, 7) is 0. The fourth-order valence-corrected chi connectivity index (χ4v) is 2.15. The van der Waals surface area contributed by atoms with Gasteiger partial charge in [0.25, 0.3) is 0 Å². The monoisotopic (exact) mass is 255 g/mol. The summed E-state index contributed by atoms with van der Waals surface area (Å²) in [5, 5.41) is 9.79. The third kappa shape index (κ3) is 1.97. The quantitative estimate of drug-likeness (QED) is 0.734. The van der Waals surface area contributed by atoms with Crippen LogP contribution in [0.3, 0.4) is 0 Å². The summed E-state index contributed by atoms with van der Waals surface area (Å²) >= 11 is 0. The Hall–Kier alpha value is -2.62. The van der Waals surface area contributed by atoms with E-state index in [1.165, 1.54) is 18.2 Å². The highest BCUT2D eigenvalue weighted by atomic mass is 19.1. The smallest absolute Gasteiger partial charge is 0.335 e. The van der Waals surface area contributed by atoms with Crippen LogP contribution in [0.4, 0.5) is 4.39 Å². The number of fused-ring (bicyclic) bond motifs is 1. The van der Waals surface area contributed by atoms with Gasteiger partial charge in [0.15, 0.2) is 0 Å². The van der Waals surface area contributed by atoms with E-state index in [4.69, 9.17) is 5.11 Å². The maximum Gasteiger partial charge on any atom is 0.335 e. The molecule has 2 N–H and O–H groups in total. The van der Waals surface area contributed by atoms with E-state index in [1.807, 2.05) is 0 Å². The summed E-state index contributed by atoms with van der Waals surface area (Å²) < 4.78 is 13.3. The highest BCUT2D eigenvalue weighted by Crippen LogP contribution is 2.29. The van der Waals surface area contributed by atoms with Crippen LogP contribution >= 0.6 is 0 Å². The van der Waals surface area contributed by atoms with Crippen molar-refractivity contribution in [2.45, 2.75) is 0 Å². The number of hydrogen-bond donors (Lipinski definition) is 2. The molecular formula is C15H10FNO2. The number of aromatic amines is 1. The Morgan fingerprint density at radius 2 is 2.00 bits per heavy atom. The van der Waals surface area contributed by atoms with Crippen molar-refractivity contribution in [2.24, 2.45) is 0 Å². The predicted octanol–water partition coefficient (Wildman–Crippen LogP) is 3.67. The average Bonchev–Trinajstić information content (AvgIpc) is 2.81. The molecule has 0 atom stereocenters. The minimum absolute atomic E-state index is 0.213. The number of halogens is 1. The van der Waals surface area contributed by atoms with Crippen molar-refractivity contribution in [3.63, 3.8) is 0 Å². The van der Waals surface area contributed by atoms with E-state index in [1.54, 1.807) is 30.5 Å². The normalized spacial score (nSPS) is 10.8. The number of rotatable bonds is 2. The van der Waals surface area contributed by atoms with Gasteiger partial charge in [0.2, 0.25) is 0 Å². The second-order valence-corrected chi connectivity index (χ2v) is 4.28. The fourth-order valence-electron chi connectivity index (χ4n) is 2.15. The van der Waals surface area contributed by atoms with Gasteiger partial charge in [-0.1, -0.05) is 12.1 Å². The Kier molecular flexibility index (Phi) is 2.56. The van der Waals surface area contributed by atoms with Crippen molar-refractivity contribution >= 4 is 16.9 Å². The molecule has 3 rings (SSSR count). The number of carboxylic acid groups (broad SMARTS) is 1. The number of aromatic nitrogens is 1. The Labute approximate surface area is 108 Å². The lowest BCUT2D eigenvalue weighted by atomic mass is 10.0. The van der Waals surface area contributed by atoms with Crippen LogP contribution in [-0.2, 0) is 0 Å². The number of nitrogens with one attached hydrogen (secondary N) is 1. The van der Waals surface area contributed by atoms with Gasteiger partial charge in [0.1, 0.15) is 5.82 Å². The minimum atomic E-state index is -0.978. The first-order chi connectivity index (χ1) is 9.15. The molecule has 0 aliphatic rings. The molecule has 19 heavy (non-hydrogen) atoms. The molecule has 0 spiro atoms. The van der Waals surface area contributed by atoms with Gasteiger partial charge in [-0.25, -0.2) is 9.18 Å². The largest absolute Gasteiger partial charge is 0.478 e. The number of H-pyrrole nitrogens is 1. The number of carbonyl (C=O) groups is 1. The zero-order valence-electron chi connectivity index (χ0n) is 9.85. The lowest BCUT2D eigenvalue weighted by Gasteiger charge is -2.01. The fraction of sp³-hybridized carbons (Fsp3) is 0. The van der Waals surface area contributed by atoms with Crippen LogP contribution in [0.15, 0.2) is 48.7 Å². The van der Waals surface area contributed by atoms with Crippen LogP contribution in [0.2, 0.25) is 0 Å². The van der Waals surface area contributed by atoms with Crippen molar-refractivity contribution in [3.8, 4) is 11.1 Å². The molecule has 0 aliphatic carbocycles. The van der Waals surface area contributed by atoms with E-state index in [0.717, 1.165) is 16.5 Å². The standard InChI is InChI=1S/C15H10FNO2/c16-11-3-1-2-9(6-11)13-8-17-14-5-4-10(15(18)19)7-12(13)14/h1-8,17H,(H,18,19). The second kappa shape index (κ2) is 4.24. The molecule has 3 aromatic rings. The van der Waals surface area contributed by atoms with Crippen LogP contribution in [0, 0.1) is 5.82 Å². The molecule has 0 bridgehead atoms. The van der Waals surface area contributed by atoms with Gasteiger partial charge in [-0.3, -0.25) is 0 Å². The zero-order chi connectivity index (χ0) is 13.4. The van der Waals surface area contributed by atoms with Gasteiger partial charge in [0, 0.05) is 22.7 Å². The molecule has 0 fully saturated rings. The Balaban J connectivity index is 2.24. The number of benzene rings is 2. The van der Waals surface area contributed by atoms with Crippen LogP contribution in [0.1, 0.15) is 10.4 Å². The molecule has 2 aromatic carbocycles. The Morgan fingerprint density at radius 3 is 2.74 bits per heavy atom.